The summed E-state index contributed by atoms with van der Waals surface area (Å²) in [5, 5.41) is 28.2. The molecule has 21 heavy (non-hydrogen) atoms. The molecule has 0 aliphatic heterocycles. The van der Waals surface area contributed by atoms with Gasteiger partial charge in [-0.25, -0.2) is 0 Å². The van der Waals surface area contributed by atoms with E-state index >= 15 is 0 Å². The van der Waals surface area contributed by atoms with E-state index in [1.165, 1.54) is 0 Å². The number of rotatable bonds is 12. The number of aliphatic carboxylic acids is 1. The highest BCUT2D eigenvalue weighted by Crippen LogP contribution is 2.50. The molecule has 0 saturated heterocycles. The zero-order valence-corrected chi connectivity index (χ0v) is 13.6. The summed E-state index contributed by atoms with van der Waals surface area (Å²) in [6.07, 6.45) is 8.57. The second-order valence-electron chi connectivity index (χ2n) is 7.55. The van der Waals surface area contributed by atoms with E-state index in [4.69, 9.17) is 10.2 Å². The van der Waals surface area contributed by atoms with Crippen molar-refractivity contribution in [3.05, 3.63) is 0 Å². The van der Waals surface area contributed by atoms with Crippen molar-refractivity contribution in [2.24, 2.45) is 10.8 Å². The molecule has 0 aromatic heterocycles. The van der Waals surface area contributed by atoms with Crippen molar-refractivity contribution in [1.82, 2.24) is 0 Å². The second kappa shape index (κ2) is 8.14. The highest BCUT2D eigenvalue weighted by molar-refractivity contribution is 5.77. The average molecular weight is 300 g/mol. The number of hydrogen-bond acceptors (Lipinski definition) is 3. The lowest BCUT2D eigenvalue weighted by atomic mass is 9.87. The summed E-state index contributed by atoms with van der Waals surface area (Å²) in [5.41, 5.74) is -0.429. The van der Waals surface area contributed by atoms with E-state index < -0.39 is 11.4 Å². The Labute approximate surface area is 128 Å². The van der Waals surface area contributed by atoms with Crippen LogP contribution in [0, 0.1) is 10.8 Å². The highest BCUT2D eigenvalue weighted by atomic mass is 16.4. The number of carbonyl (C=O) groups is 1. The van der Waals surface area contributed by atoms with E-state index in [2.05, 4.69) is 13.8 Å². The van der Waals surface area contributed by atoms with Gasteiger partial charge >= 0.3 is 5.97 Å². The third-order valence-electron chi connectivity index (χ3n) is 4.82. The fourth-order valence-electron chi connectivity index (χ4n) is 2.77. The van der Waals surface area contributed by atoms with Crippen LogP contribution < -0.4 is 0 Å². The summed E-state index contributed by atoms with van der Waals surface area (Å²) in [6.45, 7) is 4.32. The van der Waals surface area contributed by atoms with Gasteiger partial charge in [-0.05, 0) is 43.9 Å². The van der Waals surface area contributed by atoms with Gasteiger partial charge in [0.2, 0.25) is 0 Å². The molecule has 4 heteroatoms. The third-order valence-corrected chi connectivity index (χ3v) is 4.82. The SMILES string of the molecule is CC(C)(CO)CCCCC(O)CCCCC1(C(=O)O)CC1. The lowest BCUT2D eigenvalue weighted by Gasteiger charge is -2.21. The van der Waals surface area contributed by atoms with E-state index in [9.17, 15) is 9.90 Å². The van der Waals surface area contributed by atoms with Crippen LogP contribution in [0.5, 0.6) is 0 Å². The normalized spacial score (nSPS) is 18.5. The highest BCUT2D eigenvalue weighted by Gasteiger charge is 2.49. The number of aliphatic hydroxyl groups is 2. The molecule has 0 spiro atoms. The van der Waals surface area contributed by atoms with Crippen LogP contribution in [0.4, 0.5) is 0 Å². The molecule has 1 unspecified atom stereocenters. The maximum Gasteiger partial charge on any atom is 0.309 e. The van der Waals surface area contributed by atoms with Crippen LogP contribution in [-0.4, -0.2) is 34.0 Å². The molecule has 0 heterocycles. The van der Waals surface area contributed by atoms with Gasteiger partial charge in [0, 0.05) is 6.61 Å². The molecule has 0 radical (unpaired) electrons. The van der Waals surface area contributed by atoms with Crippen LogP contribution in [0.2, 0.25) is 0 Å². The minimum atomic E-state index is -0.644. The number of aliphatic hydroxyl groups excluding tert-OH is 2. The fraction of sp³-hybridized carbons (Fsp3) is 0.941. The van der Waals surface area contributed by atoms with Crippen LogP contribution in [0.25, 0.3) is 0 Å². The van der Waals surface area contributed by atoms with Crippen LogP contribution in [0.3, 0.4) is 0 Å². The number of carboxylic acid groups (broad SMARTS) is 1. The summed E-state index contributed by atoms with van der Waals surface area (Å²) in [7, 11) is 0. The van der Waals surface area contributed by atoms with Gasteiger partial charge in [-0.2, -0.15) is 0 Å². The van der Waals surface area contributed by atoms with Crippen molar-refractivity contribution in [3.63, 3.8) is 0 Å². The summed E-state index contributed by atoms with van der Waals surface area (Å²) in [6, 6.07) is 0. The predicted molar refractivity (Wildman–Crippen MR) is 83.1 cm³/mol. The van der Waals surface area contributed by atoms with E-state index in [0.717, 1.165) is 64.2 Å². The van der Waals surface area contributed by atoms with Crippen molar-refractivity contribution < 1.29 is 20.1 Å². The minimum absolute atomic E-state index is 0.0135. The van der Waals surface area contributed by atoms with Crippen LogP contribution >= 0.6 is 0 Å². The first-order chi connectivity index (χ1) is 9.81. The van der Waals surface area contributed by atoms with Gasteiger partial charge in [-0.3, -0.25) is 4.79 Å². The smallest absolute Gasteiger partial charge is 0.309 e. The van der Waals surface area contributed by atoms with Crippen molar-refractivity contribution >= 4 is 5.97 Å². The zero-order valence-electron chi connectivity index (χ0n) is 13.6. The monoisotopic (exact) mass is 300 g/mol. The molecule has 0 aromatic rings. The maximum absolute atomic E-state index is 11.0. The number of hydrogen-bond donors (Lipinski definition) is 3. The Morgan fingerprint density at radius 1 is 1.14 bits per heavy atom. The minimum Gasteiger partial charge on any atom is -0.481 e. The molecule has 1 saturated carbocycles. The first kappa shape index (κ1) is 18.4. The van der Waals surface area contributed by atoms with E-state index in [0.29, 0.717) is 0 Å². The molecule has 124 valence electrons. The van der Waals surface area contributed by atoms with Crippen LogP contribution in [0.1, 0.15) is 78.1 Å². The molecular formula is C17H32O4. The first-order valence-electron chi connectivity index (χ1n) is 8.34. The Hall–Kier alpha value is -0.610. The third kappa shape index (κ3) is 6.79. The molecule has 1 fully saturated rings. The molecule has 0 aromatic carbocycles. The van der Waals surface area contributed by atoms with Gasteiger partial charge in [0.05, 0.1) is 11.5 Å². The van der Waals surface area contributed by atoms with Gasteiger partial charge in [0.1, 0.15) is 0 Å². The van der Waals surface area contributed by atoms with Crippen LogP contribution in [0.15, 0.2) is 0 Å². The first-order valence-corrected chi connectivity index (χ1v) is 8.34. The molecule has 4 nitrogen and oxygen atoms in total. The Kier molecular flexibility index (Phi) is 7.14. The lowest BCUT2D eigenvalue weighted by molar-refractivity contribution is -0.143. The largest absolute Gasteiger partial charge is 0.481 e. The van der Waals surface area contributed by atoms with Gasteiger partial charge in [-0.15, -0.1) is 0 Å². The fourth-order valence-corrected chi connectivity index (χ4v) is 2.77. The molecule has 0 bridgehead atoms. The lowest BCUT2D eigenvalue weighted by Crippen LogP contribution is -2.16. The second-order valence-corrected chi connectivity index (χ2v) is 7.55. The number of carboxylic acids is 1. The Morgan fingerprint density at radius 2 is 1.71 bits per heavy atom. The van der Waals surface area contributed by atoms with E-state index in [-0.39, 0.29) is 18.1 Å². The summed E-state index contributed by atoms with van der Waals surface area (Å²) < 4.78 is 0. The van der Waals surface area contributed by atoms with Crippen molar-refractivity contribution in [3.8, 4) is 0 Å². The maximum atomic E-state index is 11.0. The Bertz CT molecular complexity index is 321. The molecule has 1 aliphatic carbocycles. The Balaban J connectivity index is 1.99. The molecular weight excluding hydrogens is 268 g/mol. The van der Waals surface area contributed by atoms with Gasteiger partial charge in [-0.1, -0.05) is 39.5 Å². The topological polar surface area (TPSA) is 77.8 Å². The van der Waals surface area contributed by atoms with Gasteiger partial charge in [0.25, 0.3) is 0 Å². The van der Waals surface area contributed by atoms with E-state index in [1.54, 1.807) is 0 Å². The zero-order chi connectivity index (χ0) is 15.9. The molecule has 3 N–H and O–H groups in total. The molecule has 1 aliphatic rings. The van der Waals surface area contributed by atoms with Crippen molar-refractivity contribution in [2.75, 3.05) is 6.61 Å². The van der Waals surface area contributed by atoms with Crippen molar-refractivity contribution in [1.29, 1.82) is 0 Å². The number of unbranched alkanes of at least 4 members (excludes halogenated alkanes) is 2. The molecule has 1 rings (SSSR count). The molecule has 1 atom stereocenters. The van der Waals surface area contributed by atoms with Crippen LogP contribution in [-0.2, 0) is 4.79 Å². The standard InChI is InChI=1S/C17H32O4/c1-16(2,13-18)9-5-3-7-14(19)8-4-6-10-17(11-12-17)15(20)21/h14,18-19H,3-13H2,1-2H3,(H,20,21). The summed E-state index contributed by atoms with van der Waals surface area (Å²) >= 11 is 0. The van der Waals surface area contributed by atoms with E-state index in [1.807, 2.05) is 0 Å². The van der Waals surface area contributed by atoms with Gasteiger partial charge in [0.15, 0.2) is 0 Å². The summed E-state index contributed by atoms with van der Waals surface area (Å²) in [5.74, 6) is -0.644. The van der Waals surface area contributed by atoms with Crippen molar-refractivity contribution in [2.45, 2.75) is 84.2 Å². The predicted octanol–water partition coefficient (Wildman–Crippen LogP) is 3.35. The summed E-state index contributed by atoms with van der Waals surface area (Å²) in [4.78, 5) is 11.0. The molecule has 0 amide bonds. The Morgan fingerprint density at radius 3 is 2.19 bits per heavy atom. The quantitative estimate of drug-likeness (QED) is 0.483. The van der Waals surface area contributed by atoms with Gasteiger partial charge < -0.3 is 15.3 Å². The average Bonchev–Trinajstić information content (AvgIpc) is 3.21.